The van der Waals surface area contributed by atoms with Crippen LogP contribution in [0.5, 0.6) is 0 Å². The Morgan fingerprint density at radius 1 is 1.41 bits per heavy atom. The van der Waals surface area contributed by atoms with Gasteiger partial charge in [0.15, 0.2) is 0 Å². The van der Waals surface area contributed by atoms with Crippen LogP contribution in [0.3, 0.4) is 0 Å². The molecule has 1 unspecified atom stereocenters. The number of alkyl halides is 1. The van der Waals surface area contributed by atoms with Gasteiger partial charge in [-0.1, -0.05) is 34.2 Å². The molecule has 98 valence electrons. The number of rotatable bonds is 4. The van der Waals surface area contributed by atoms with Crippen molar-refractivity contribution in [3.8, 4) is 0 Å². The van der Waals surface area contributed by atoms with Crippen LogP contribution in [-0.4, -0.2) is 46.8 Å². The number of hydrogen-bond acceptors (Lipinski definition) is 3. The number of aliphatic hydroxyl groups excluding tert-OH is 1. The first-order valence-corrected chi connectivity index (χ1v) is 7.91. The van der Waals surface area contributed by atoms with Gasteiger partial charge in [0, 0.05) is 13.1 Å². The Morgan fingerprint density at radius 2 is 2.18 bits per heavy atom. The molecule has 0 saturated carbocycles. The van der Waals surface area contributed by atoms with Crippen molar-refractivity contribution < 1.29 is 5.11 Å². The quantitative estimate of drug-likeness (QED) is 0.351. The van der Waals surface area contributed by atoms with Gasteiger partial charge in [0.1, 0.15) is 0 Å². The molecular weight excluding hydrogens is 327 g/mol. The zero-order valence-corrected chi connectivity index (χ0v) is 12.5. The highest BCUT2D eigenvalue weighted by molar-refractivity contribution is 14.1. The number of aliphatic hydroxyl groups is 1. The van der Waals surface area contributed by atoms with Gasteiger partial charge in [0.05, 0.1) is 10.7 Å². The molecule has 0 aromatic carbocycles. The lowest BCUT2D eigenvalue weighted by atomic mass is 9.89. The predicted molar refractivity (Wildman–Crippen MR) is 79.4 cm³/mol. The van der Waals surface area contributed by atoms with Crippen molar-refractivity contribution in [1.82, 2.24) is 10.2 Å². The number of nitrogens with zero attached hydrogens (tertiary/aromatic N) is 1. The Balaban J connectivity index is 1.71. The number of β-amino-alcohol motifs (C(OH)–C–C–N with tert-alkyl or cyclic N) is 1. The lowest BCUT2D eigenvalue weighted by Gasteiger charge is -2.32. The first-order valence-electron chi connectivity index (χ1n) is 6.66. The third-order valence-electron chi connectivity index (χ3n) is 3.84. The zero-order valence-electron chi connectivity index (χ0n) is 10.4. The summed E-state index contributed by atoms with van der Waals surface area (Å²) in [5.74, 6) is 0.865. The van der Waals surface area contributed by atoms with Crippen LogP contribution in [0, 0.1) is 5.92 Å². The molecule has 0 aromatic rings. The summed E-state index contributed by atoms with van der Waals surface area (Å²) >= 11 is 2.46. The molecule has 2 N–H and O–H groups in total. The molecule has 0 aromatic heterocycles. The molecule has 4 heteroatoms. The first-order chi connectivity index (χ1) is 8.28. The van der Waals surface area contributed by atoms with E-state index in [4.69, 9.17) is 5.11 Å². The van der Waals surface area contributed by atoms with Gasteiger partial charge in [-0.05, 0) is 44.7 Å². The Morgan fingerprint density at radius 3 is 2.76 bits per heavy atom. The highest BCUT2D eigenvalue weighted by atomic mass is 127. The van der Waals surface area contributed by atoms with E-state index in [1.54, 1.807) is 5.57 Å². The van der Waals surface area contributed by atoms with Crippen LogP contribution in [-0.2, 0) is 0 Å². The molecule has 3 nitrogen and oxygen atoms in total. The summed E-state index contributed by atoms with van der Waals surface area (Å²) in [5, 5.41) is 12.4. The van der Waals surface area contributed by atoms with Gasteiger partial charge >= 0.3 is 0 Å². The SMILES string of the molecule is OCCN1CCC(CC2=CCC(I)NC2)CC1. The van der Waals surface area contributed by atoms with Crippen LogP contribution < -0.4 is 5.32 Å². The van der Waals surface area contributed by atoms with Gasteiger partial charge in [-0.3, -0.25) is 0 Å². The minimum atomic E-state index is 0.302. The molecule has 0 spiro atoms. The topological polar surface area (TPSA) is 35.5 Å². The van der Waals surface area contributed by atoms with E-state index in [1.807, 2.05) is 0 Å². The number of likely N-dealkylation sites (tertiary alicyclic amines) is 1. The Kier molecular flexibility index (Phi) is 5.72. The molecular formula is C13H23IN2O. The van der Waals surface area contributed by atoms with E-state index in [0.717, 1.165) is 19.0 Å². The van der Waals surface area contributed by atoms with E-state index in [2.05, 4.69) is 38.9 Å². The summed E-state index contributed by atoms with van der Waals surface area (Å²) in [5.41, 5.74) is 1.61. The highest BCUT2D eigenvalue weighted by Gasteiger charge is 2.20. The smallest absolute Gasteiger partial charge is 0.0631 e. The summed E-state index contributed by atoms with van der Waals surface area (Å²) in [6.07, 6.45) is 7.49. The standard InChI is InChI=1S/C13H23IN2O/c14-13-2-1-12(10-15-13)9-11-3-5-16(6-4-11)7-8-17/h1,11,13,15,17H,2-10H2. The minimum Gasteiger partial charge on any atom is -0.395 e. The van der Waals surface area contributed by atoms with Crippen LogP contribution in [0.2, 0.25) is 0 Å². The summed E-state index contributed by atoms with van der Waals surface area (Å²) in [4.78, 5) is 2.38. The van der Waals surface area contributed by atoms with E-state index in [0.29, 0.717) is 10.7 Å². The van der Waals surface area contributed by atoms with E-state index >= 15 is 0 Å². The summed E-state index contributed by atoms with van der Waals surface area (Å²) < 4.78 is 0.628. The fourth-order valence-corrected chi connectivity index (χ4v) is 3.22. The van der Waals surface area contributed by atoms with Gasteiger partial charge in [0.25, 0.3) is 0 Å². The van der Waals surface area contributed by atoms with Gasteiger partial charge < -0.3 is 15.3 Å². The molecule has 0 aliphatic carbocycles. The monoisotopic (exact) mass is 350 g/mol. The fourth-order valence-electron chi connectivity index (χ4n) is 2.75. The molecule has 1 saturated heterocycles. The second kappa shape index (κ2) is 7.07. The van der Waals surface area contributed by atoms with Crippen molar-refractivity contribution in [3.63, 3.8) is 0 Å². The number of hydrogen-bond donors (Lipinski definition) is 2. The second-order valence-corrected chi connectivity index (χ2v) is 6.66. The first kappa shape index (κ1) is 13.8. The van der Waals surface area contributed by atoms with E-state index in [1.165, 1.54) is 38.8 Å². The van der Waals surface area contributed by atoms with E-state index in [9.17, 15) is 0 Å². The maximum Gasteiger partial charge on any atom is 0.0631 e. The third kappa shape index (κ3) is 4.50. The van der Waals surface area contributed by atoms with Crippen molar-refractivity contribution in [1.29, 1.82) is 0 Å². The van der Waals surface area contributed by atoms with Crippen LogP contribution >= 0.6 is 22.6 Å². The molecule has 1 atom stereocenters. The maximum atomic E-state index is 8.91. The largest absolute Gasteiger partial charge is 0.395 e. The van der Waals surface area contributed by atoms with Crippen molar-refractivity contribution in [3.05, 3.63) is 11.6 Å². The predicted octanol–water partition coefficient (Wildman–Crippen LogP) is 1.76. The average Bonchev–Trinajstić information content (AvgIpc) is 2.35. The van der Waals surface area contributed by atoms with Gasteiger partial charge in [-0.2, -0.15) is 0 Å². The van der Waals surface area contributed by atoms with Gasteiger partial charge in [-0.25, -0.2) is 0 Å². The summed E-state index contributed by atoms with van der Waals surface area (Å²) in [7, 11) is 0. The number of piperidine rings is 1. The molecule has 0 bridgehead atoms. The van der Waals surface area contributed by atoms with Gasteiger partial charge in [0.2, 0.25) is 0 Å². The van der Waals surface area contributed by atoms with Crippen molar-refractivity contribution >= 4 is 22.6 Å². The van der Waals surface area contributed by atoms with Crippen LogP contribution in [0.1, 0.15) is 25.7 Å². The number of nitrogens with one attached hydrogen (secondary N) is 1. The summed E-state index contributed by atoms with van der Waals surface area (Å²) in [6.45, 7) is 4.58. The lowest BCUT2D eigenvalue weighted by molar-refractivity contribution is 0.147. The average molecular weight is 350 g/mol. The molecule has 2 aliphatic rings. The molecule has 2 heterocycles. The second-order valence-electron chi connectivity index (χ2n) is 5.16. The molecule has 0 radical (unpaired) electrons. The Labute approximate surface area is 118 Å². The Bertz CT molecular complexity index is 262. The van der Waals surface area contributed by atoms with Crippen LogP contribution in [0.15, 0.2) is 11.6 Å². The molecule has 17 heavy (non-hydrogen) atoms. The summed E-state index contributed by atoms with van der Waals surface area (Å²) in [6, 6.07) is 0. The van der Waals surface area contributed by atoms with Crippen molar-refractivity contribution in [2.45, 2.75) is 29.7 Å². The zero-order chi connectivity index (χ0) is 12.1. The number of halogens is 1. The van der Waals surface area contributed by atoms with E-state index < -0.39 is 0 Å². The highest BCUT2D eigenvalue weighted by Crippen LogP contribution is 2.25. The molecule has 1 fully saturated rings. The molecule has 2 rings (SSSR count). The van der Waals surface area contributed by atoms with E-state index in [-0.39, 0.29) is 0 Å². The maximum absolute atomic E-state index is 8.91. The fraction of sp³-hybridized carbons (Fsp3) is 0.846. The van der Waals surface area contributed by atoms with Crippen molar-refractivity contribution in [2.24, 2.45) is 5.92 Å². The third-order valence-corrected chi connectivity index (χ3v) is 4.79. The Hall–Kier alpha value is 0.350. The molecule has 0 amide bonds. The van der Waals surface area contributed by atoms with Crippen LogP contribution in [0.4, 0.5) is 0 Å². The normalized spacial score (nSPS) is 28.1. The lowest BCUT2D eigenvalue weighted by Crippen LogP contribution is -2.36. The van der Waals surface area contributed by atoms with Crippen LogP contribution in [0.25, 0.3) is 0 Å². The van der Waals surface area contributed by atoms with Gasteiger partial charge in [-0.15, -0.1) is 0 Å². The minimum absolute atomic E-state index is 0.302. The van der Waals surface area contributed by atoms with Crippen molar-refractivity contribution in [2.75, 3.05) is 32.8 Å². The molecule has 2 aliphatic heterocycles.